The molecule has 0 saturated heterocycles. The van der Waals surface area contributed by atoms with Gasteiger partial charge in [0, 0.05) is 23.2 Å². The van der Waals surface area contributed by atoms with Gasteiger partial charge in [0.1, 0.15) is 12.0 Å². The number of rotatable bonds is 3. The Morgan fingerprint density at radius 1 is 1.10 bits per heavy atom. The fourth-order valence-electron chi connectivity index (χ4n) is 3.33. The Kier molecular flexibility index (Phi) is 4.33. The second kappa shape index (κ2) is 7.14. The van der Waals surface area contributed by atoms with E-state index in [9.17, 15) is 9.59 Å². The van der Waals surface area contributed by atoms with Crippen LogP contribution in [-0.2, 0) is 13.0 Å². The van der Waals surface area contributed by atoms with E-state index in [0.29, 0.717) is 35.9 Å². The van der Waals surface area contributed by atoms with Crippen LogP contribution in [0.4, 0.5) is 5.13 Å². The first-order valence-corrected chi connectivity index (χ1v) is 9.96. The Morgan fingerprint density at radius 3 is 2.86 bits per heavy atom. The molecule has 7 nitrogen and oxygen atoms in total. The van der Waals surface area contributed by atoms with Gasteiger partial charge in [-0.25, -0.2) is 9.97 Å². The summed E-state index contributed by atoms with van der Waals surface area (Å²) in [6.07, 6.45) is 3.48. The highest BCUT2D eigenvalue weighted by molar-refractivity contribution is 7.15. The third kappa shape index (κ3) is 3.38. The number of aromatic nitrogens is 2. The van der Waals surface area contributed by atoms with Crippen molar-refractivity contribution in [3.8, 4) is 0 Å². The van der Waals surface area contributed by atoms with E-state index in [1.807, 2.05) is 30.3 Å². The number of thiazole rings is 1. The summed E-state index contributed by atoms with van der Waals surface area (Å²) in [5.74, 6) is -0.364. The van der Waals surface area contributed by atoms with Crippen LogP contribution in [0.15, 0.2) is 59.4 Å². The molecule has 0 atom stereocenters. The van der Waals surface area contributed by atoms with Crippen LogP contribution in [0.1, 0.15) is 31.4 Å². The Labute approximate surface area is 170 Å². The van der Waals surface area contributed by atoms with Gasteiger partial charge in [-0.15, -0.1) is 0 Å². The first kappa shape index (κ1) is 17.6. The lowest BCUT2D eigenvalue weighted by molar-refractivity contribution is 0.0730. The predicted octanol–water partition coefficient (Wildman–Crippen LogP) is 3.74. The maximum absolute atomic E-state index is 13.0. The molecule has 29 heavy (non-hydrogen) atoms. The molecule has 3 aromatic heterocycles. The summed E-state index contributed by atoms with van der Waals surface area (Å²) >= 11 is 1.39. The van der Waals surface area contributed by atoms with Crippen molar-refractivity contribution in [3.63, 3.8) is 0 Å². The van der Waals surface area contributed by atoms with Crippen molar-refractivity contribution in [2.45, 2.75) is 13.0 Å². The molecular weight excluding hydrogens is 388 g/mol. The minimum Gasteiger partial charge on any atom is -0.472 e. The highest BCUT2D eigenvalue weighted by atomic mass is 32.1. The van der Waals surface area contributed by atoms with E-state index in [1.165, 1.54) is 23.9 Å². The third-order valence-corrected chi connectivity index (χ3v) is 5.84. The molecule has 5 rings (SSSR count). The molecule has 0 fully saturated rings. The van der Waals surface area contributed by atoms with E-state index < -0.39 is 0 Å². The lowest BCUT2D eigenvalue weighted by atomic mass is 10.1. The summed E-state index contributed by atoms with van der Waals surface area (Å²) in [4.78, 5) is 36.9. The molecule has 0 bridgehead atoms. The minimum absolute atomic E-state index is 0.0983. The number of carbonyl (C=O) groups is 2. The minimum atomic E-state index is -0.266. The fourth-order valence-corrected chi connectivity index (χ4v) is 4.35. The summed E-state index contributed by atoms with van der Waals surface area (Å²) in [6, 6.07) is 13.0. The molecule has 0 saturated carbocycles. The normalized spacial score (nSPS) is 13.3. The summed E-state index contributed by atoms with van der Waals surface area (Å²) in [5.41, 5.74) is 2.61. The number of nitrogens with one attached hydrogen (secondary N) is 1. The van der Waals surface area contributed by atoms with Gasteiger partial charge in [0.2, 0.25) is 0 Å². The van der Waals surface area contributed by atoms with Gasteiger partial charge >= 0.3 is 0 Å². The molecule has 0 unspecified atom stereocenters. The van der Waals surface area contributed by atoms with Crippen LogP contribution in [0.3, 0.4) is 0 Å². The molecular formula is C21H16N4O3S. The van der Waals surface area contributed by atoms with Crippen molar-refractivity contribution in [3.05, 3.63) is 76.8 Å². The largest absolute Gasteiger partial charge is 0.472 e. The van der Waals surface area contributed by atoms with Crippen LogP contribution < -0.4 is 5.32 Å². The van der Waals surface area contributed by atoms with Crippen molar-refractivity contribution >= 4 is 39.2 Å². The predicted molar refractivity (Wildman–Crippen MR) is 109 cm³/mol. The van der Waals surface area contributed by atoms with E-state index in [2.05, 4.69) is 15.3 Å². The number of hydrogen-bond donors (Lipinski definition) is 1. The molecule has 4 heterocycles. The van der Waals surface area contributed by atoms with Crippen LogP contribution in [0.2, 0.25) is 0 Å². The Bertz CT molecular complexity index is 1220. The summed E-state index contributed by atoms with van der Waals surface area (Å²) in [7, 11) is 0. The van der Waals surface area contributed by atoms with Crippen LogP contribution in [0.5, 0.6) is 0 Å². The lowest BCUT2D eigenvalue weighted by Crippen LogP contribution is -2.35. The Morgan fingerprint density at radius 2 is 2.00 bits per heavy atom. The topological polar surface area (TPSA) is 88.3 Å². The number of amides is 2. The third-order valence-electron chi connectivity index (χ3n) is 4.84. The number of para-hydroxylation sites is 1. The number of furan rings is 1. The van der Waals surface area contributed by atoms with Crippen molar-refractivity contribution in [2.75, 3.05) is 11.9 Å². The van der Waals surface area contributed by atoms with Crippen LogP contribution >= 0.6 is 11.3 Å². The van der Waals surface area contributed by atoms with Crippen molar-refractivity contribution in [1.82, 2.24) is 14.9 Å². The van der Waals surface area contributed by atoms with Crippen molar-refractivity contribution < 1.29 is 14.0 Å². The zero-order valence-electron chi connectivity index (χ0n) is 15.3. The number of nitrogens with zero attached hydrogens (tertiary/aromatic N) is 3. The highest BCUT2D eigenvalue weighted by Gasteiger charge is 2.26. The molecule has 8 heteroatoms. The molecule has 1 N–H and O–H groups in total. The Hall–Kier alpha value is -3.52. The van der Waals surface area contributed by atoms with Gasteiger partial charge in [0.25, 0.3) is 11.8 Å². The molecule has 144 valence electrons. The van der Waals surface area contributed by atoms with Gasteiger partial charge < -0.3 is 9.32 Å². The zero-order chi connectivity index (χ0) is 19.8. The smallest absolute Gasteiger partial charge is 0.272 e. The van der Waals surface area contributed by atoms with Crippen molar-refractivity contribution in [2.24, 2.45) is 0 Å². The average molecular weight is 404 g/mol. The number of benzene rings is 1. The second-order valence-corrected chi connectivity index (χ2v) is 7.80. The van der Waals surface area contributed by atoms with E-state index in [-0.39, 0.29) is 11.8 Å². The van der Waals surface area contributed by atoms with Crippen LogP contribution in [0, 0.1) is 0 Å². The van der Waals surface area contributed by atoms with E-state index in [1.54, 1.807) is 17.0 Å². The fraction of sp³-hybridized carbons (Fsp3) is 0.143. The van der Waals surface area contributed by atoms with Gasteiger partial charge in [-0.3, -0.25) is 14.9 Å². The summed E-state index contributed by atoms with van der Waals surface area (Å²) in [6.45, 7) is 1.03. The lowest BCUT2D eigenvalue weighted by Gasteiger charge is -2.25. The Balaban J connectivity index is 1.33. The number of fused-ring (bicyclic) bond motifs is 2. The number of hydrogen-bond acceptors (Lipinski definition) is 6. The SMILES string of the molecule is O=C(Nc1nc2c(s1)CN(C(=O)c1ccc3ccccc3n1)CC2)c1ccoc1. The molecule has 0 aliphatic carbocycles. The maximum atomic E-state index is 13.0. The van der Waals surface area contributed by atoms with Gasteiger partial charge in [-0.1, -0.05) is 35.6 Å². The standard InChI is InChI=1S/C21H16N4O3S/c26-19(14-8-10-28-12-14)24-21-23-16-7-9-25(11-18(16)29-21)20(27)17-6-5-13-3-1-2-4-15(13)22-17/h1-6,8,10,12H,7,9,11H2,(H,23,24,26). The zero-order valence-corrected chi connectivity index (χ0v) is 16.1. The number of pyridine rings is 1. The van der Waals surface area contributed by atoms with E-state index in [4.69, 9.17) is 4.42 Å². The van der Waals surface area contributed by atoms with E-state index >= 15 is 0 Å². The molecule has 0 spiro atoms. The molecule has 1 aliphatic heterocycles. The first-order chi connectivity index (χ1) is 14.2. The summed E-state index contributed by atoms with van der Waals surface area (Å²) in [5, 5.41) is 4.32. The maximum Gasteiger partial charge on any atom is 0.272 e. The number of anilines is 1. The molecule has 1 aromatic carbocycles. The highest BCUT2D eigenvalue weighted by Crippen LogP contribution is 2.29. The van der Waals surface area contributed by atoms with Crippen LogP contribution in [-0.4, -0.2) is 33.2 Å². The molecule has 4 aromatic rings. The quantitative estimate of drug-likeness (QED) is 0.562. The second-order valence-electron chi connectivity index (χ2n) is 6.72. The number of carbonyl (C=O) groups excluding carboxylic acids is 2. The van der Waals surface area contributed by atoms with Gasteiger partial charge in [0.15, 0.2) is 5.13 Å². The molecule has 0 radical (unpaired) electrons. The first-order valence-electron chi connectivity index (χ1n) is 9.14. The average Bonchev–Trinajstić information content (AvgIpc) is 3.42. The van der Waals surface area contributed by atoms with Gasteiger partial charge in [0.05, 0.1) is 29.6 Å². The molecule has 2 amide bonds. The van der Waals surface area contributed by atoms with Gasteiger partial charge in [-0.05, 0) is 18.2 Å². The van der Waals surface area contributed by atoms with E-state index in [0.717, 1.165) is 21.5 Å². The summed E-state index contributed by atoms with van der Waals surface area (Å²) < 4.78 is 4.94. The van der Waals surface area contributed by atoms with Crippen LogP contribution in [0.25, 0.3) is 10.9 Å². The molecule has 1 aliphatic rings. The monoisotopic (exact) mass is 404 g/mol. The van der Waals surface area contributed by atoms with Gasteiger partial charge in [-0.2, -0.15) is 0 Å². The van der Waals surface area contributed by atoms with Crippen molar-refractivity contribution in [1.29, 1.82) is 0 Å².